The molecule has 2 heterocycles. The van der Waals surface area contributed by atoms with Crippen molar-refractivity contribution >= 4 is 29.3 Å². The summed E-state index contributed by atoms with van der Waals surface area (Å²) < 4.78 is 44.9. The summed E-state index contributed by atoms with van der Waals surface area (Å²) in [6.07, 6.45) is -6.64. The van der Waals surface area contributed by atoms with Crippen LogP contribution in [0.4, 0.5) is 18.9 Å². The maximum Gasteiger partial charge on any atom is 0.471 e. The highest BCUT2D eigenvalue weighted by Gasteiger charge is 2.70. The minimum atomic E-state index is -5.21. The Morgan fingerprint density at radius 3 is 2.43 bits per heavy atom. The number of nitriles is 2. The molecule has 1 aromatic rings. The first-order valence-electron chi connectivity index (χ1n) is 13.3. The summed E-state index contributed by atoms with van der Waals surface area (Å²) >= 11 is 0. The largest absolute Gasteiger partial charge is 0.478 e. The zero-order chi connectivity index (χ0) is 31.4. The second-order valence-corrected chi connectivity index (χ2v) is 12.5. The molecule has 4 amide bonds. The Morgan fingerprint density at radius 1 is 1.19 bits per heavy atom. The summed E-state index contributed by atoms with van der Waals surface area (Å²) in [4.78, 5) is 52.9. The van der Waals surface area contributed by atoms with Crippen molar-refractivity contribution in [1.82, 2.24) is 15.5 Å². The number of carbonyl (C=O) groups is 4. The van der Waals surface area contributed by atoms with Crippen LogP contribution in [0.25, 0.3) is 0 Å². The number of nitrogens with zero attached hydrogens (tertiary/aromatic N) is 3. The zero-order valence-corrected chi connectivity index (χ0v) is 23.6. The van der Waals surface area contributed by atoms with Crippen LogP contribution >= 0.6 is 0 Å². The molecular weight excluding hydrogens is 557 g/mol. The van der Waals surface area contributed by atoms with Gasteiger partial charge in [-0.3, -0.25) is 19.2 Å². The van der Waals surface area contributed by atoms with Gasteiger partial charge in [-0.2, -0.15) is 23.7 Å². The van der Waals surface area contributed by atoms with E-state index in [2.05, 4.69) is 10.6 Å². The van der Waals surface area contributed by atoms with Crippen LogP contribution in [0, 0.1) is 45.3 Å². The number of alkyl halides is 3. The van der Waals surface area contributed by atoms with Gasteiger partial charge >= 0.3 is 12.1 Å². The van der Waals surface area contributed by atoms with Gasteiger partial charge in [0.15, 0.2) is 6.10 Å². The van der Waals surface area contributed by atoms with Gasteiger partial charge in [0.05, 0.1) is 11.6 Å². The molecular formula is C28H31F3N6O5. The molecule has 42 heavy (non-hydrogen) atoms. The number of hydrogen-bond acceptors (Lipinski definition) is 7. The van der Waals surface area contributed by atoms with E-state index in [4.69, 9.17) is 4.74 Å². The molecule has 2 fully saturated rings. The van der Waals surface area contributed by atoms with Gasteiger partial charge in [0, 0.05) is 13.0 Å². The Labute approximate surface area is 240 Å². The second-order valence-electron chi connectivity index (χ2n) is 12.5. The fraction of sp³-hybridized carbons (Fsp3) is 0.571. The van der Waals surface area contributed by atoms with E-state index >= 15 is 0 Å². The lowest BCUT2D eigenvalue weighted by Crippen LogP contribution is -2.61. The monoisotopic (exact) mass is 588 g/mol. The maximum absolute atomic E-state index is 13.6. The van der Waals surface area contributed by atoms with E-state index in [-0.39, 0.29) is 47.2 Å². The van der Waals surface area contributed by atoms with E-state index in [0.29, 0.717) is 0 Å². The van der Waals surface area contributed by atoms with Crippen molar-refractivity contribution in [2.75, 3.05) is 11.9 Å². The normalized spacial score (nSPS) is 25.3. The number of anilines is 1. The highest BCUT2D eigenvalue weighted by molar-refractivity contribution is 5.99. The minimum absolute atomic E-state index is 0.0897. The number of halogens is 3. The van der Waals surface area contributed by atoms with E-state index in [0.717, 1.165) is 0 Å². The number of benzene rings is 1. The highest BCUT2D eigenvalue weighted by Crippen LogP contribution is 2.65. The van der Waals surface area contributed by atoms with Crippen LogP contribution in [-0.4, -0.2) is 65.5 Å². The fourth-order valence-corrected chi connectivity index (χ4v) is 5.87. The smallest absolute Gasteiger partial charge is 0.471 e. The SMILES string of the molecule is CC(C)(C)C(NC(=O)C(F)(F)F)C(=O)N1C[C@H]2[C@@H]([C@H]1C(=O)NC(C#N)C[C@@H]1Oc3cccc(C#N)c3NC1=O)C2(C)C. The average molecular weight is 589 g/mol. The van der Waals surface area contributed by atoms with E-state index < -0.39 is 59.4 Å². The first-order chi connectivity index (χ1) is 19.4. The number of piperidine rings is 1. The van der Waals surface area contributed by atoms with Gasteiger partial charge in [0.1, 0.15) is 35.6 Å². The Balaban J connectivity index is 1.52. The first-order valence-corrected chi connectivity index (χ1v) is 13.3. The molecule has 14 heteroatoms. The molecule has 6 atom stereocenters. The van der Waals surface area contributed by atoms with Crippen molar-refractivity contribution in [3.05, 3.63) is 23.8 Å². The van der Waals surface area contributed by atoms with E-state index in [1.165, 1.54) is 31.7 Å². The van der Waals surface area contributed by atoms with Gasteiger partial charge in [-0.15, -0.1) is 0 Å². The number of likely N-dealkylation sites (tertiary alicyclic amines) is 1. The quantitative estimate of drug-likeness (QED) is 0.459. The van der Waals surface area contributed by atoms with Gasteiger partial charge in [0.2, 0.25) is 11.8 Å². The molecule has 0 radical (unpaired) electrons. The third-order valence-corrected chi connectivity index (χ3v) is 8.28. The molecule has 224 valence electrons. The Kier molecular flexibility index (Phi) is 7.65. The minimum Gasteiger partial charge on any atom is -0.478 e. The van der Waals surface area contributed by atoms with Crippen LogP contribution in [0.15, 0.2) is 18.2 Å². The number of amides is 4. The molecule has 1 saturated heterocycles. The molecule has 4 rings (SSSR count). The van der Waals surface area contributed by atoms with E-state index in [9.17, 15) is 42.9 Å². The highest BCUT2D eigenvalue weighted by atomic mass is 19.4. The summed E-state index contributed by atoms with van der Waals surface area (Å²) in [5, 5.41) is 26.0. The van der Waals surface area contributed by atoms with Crippen LogP contribution in [0.3, 0.4) is 0 Å². The predicted octanol–water partition coefficient (Wildman–Crippen LogP) is 2.23. The number of hydrogen-bond donors (Lipinski definition) is 3. The van der Waals surface area contributed by atoms with Crippen LogP contribution in [0.1, 0.15) is 46.6 Å². The van der Waals surface area contributed by atoms with Crippen LogP contribution in [0.5, 0.6) is 5.75 Å². The Hall–Kier alpha value is -4.33. The molecule has 3 N–H and O–H groups in total. The van der Waals surface area contributed by atoms with Crippen LogP contribution in [0.2, 0.25) is 0 Å². The summed E-state index contributed by atoms with van der Waals surface area (Å²) in [7, 11) is 0. The molecule has 2 aliphatic heterocycles. The summed E-state index contributed by atoms with van der Waals surface area (Å²) in [5.74, 6) is -4.64. The lowest BCUT2D eigenvalue weighted by atomic mass is 9.85. The van der Waals surface area contributed by atoms with Gasteiger partial charge in [0.25, 0.3) is 5.91 Å². The summed E-state index contributed by atoms with van der Waals surface area (Å²) in [6, 6.07) is 4.57. The Morgan fingerprint density at radius 2 is 1.86 bits per heavy atom. The number of carbonyl (C=O) groups excluding carboxylic acids is 4. The molecule has 0 aromatic heterocycles. The lowest BCUT2D eigenvalue weighted by molar-refractivity contribution is -0.176. The Bertz CT molecular complexity index is 1410. The van der Waals surface area contributed by atoms with Crippen molar-refractivity contribution in [2.45, 2.75) is 71.4 Å². The molecule has 0 spiro atoms. The lowest BCUT2D eigenvalue weighted by Gasteiger charge is -2.38. The van der Waals surface area contributed by atoms with Crippen LogP contribution < -0.4 is 20.7 Å². The fourth-order valence-electron chi connectivity index (χ4n) is 5.87. The molecule has 11 nitrogen and oxygen atoms in total. The first kappa shape index (κ1) is 30.6. The van der Waals surface area contributed by atoms with Gasteiger partial charge in [-0.25, -0.2) is 0 Å². The number of nitrogens with one attached hydrogen (secondary N) is 3. The topological polar surface area (TPSA) is 164 Å². The molecule has 0 bridgehead atoms. The predicted molar refractivity (Wildman–Crippen MR) is 140 cm³/mol. The number of para-hydroxylation sites is 1. The molecule has 3 aliphatic rings. The number of fused-ring (bicyclic) bond motifs is 2. The molecule has 1 aliphatic carbocycles. The third-order valence-electron chi connectivity index (χ3n) is 8.28. The number of ether oxygens (including phenoxy) is 1. The van der Waals surface area contributed by atoms with Crippen molar-refractivity contribution < 1.29 is 37.1 Å². The van der Waals surface area contributed by atoms with Gasteiger partial charge in [-0.05, 0) is 34.8 Å². The van der Waals surface area contributed by atoms with Crippen LogP contribution in [-0.2, 0) is 19.2 Å². The average Bonchev–Trinajstić information content (AvgIpc) is 3.22. The molecule has 1 aromatic carbocycles. The number of rotatable bonds is 6. The van der Waals surface area contributed by atoms with Gasteiger partial charge < -0.3 is 25.6 Å². The van der Waals surface area contributed by atoms with Crippen molar-refractivity contribution in [3.8, 4) is 17.9 Å². The zero-order valence-electron chi connectivity index (χ0n) is 23.6. The van der Waals surface area contributed by atoms with Crippen molar-refractivity contribution in [1.29, 1.82) is 10.5 Å². The summed E-state index contributed by atoms with van der Waals surface area (Å²) in [6.45, 7) is 8.41. The molecule has 1 saturated carbocycles. The third kappa shape index (κ3) is 5.58. The van der Waals surface area contributed by atoms with Crippen molar-refractivity contribution in [3.63, 3.8) is 0 Å². The van der Waals surface area contributed by atoms with E-state index in [1.54, 1.807) is 17.4 Å². The van der Waals surface area contributed by atoms with E-state index in [1.807, 2.05) is 26.0 Å². The second kappa shape index (κ2) is 10.5. The standard InChI is InChI=1S/C28H31F3N6O5/c1-26(2,3)21(36-25(41)28(29,30)31)24(40)37-12-15-18(27(15,4)5)20(37)23(39)34-14(11-33)9-17-22(38)35-19-13(10-32)7-6-8-16(19)42-17/h6-8,14-15,17-18,20-21H,9,12H2,1-5H3,(H,34,39)(H,35,38)(H,36,41)/t14?,15-,17-,18-,20-,21?/m0/s1. The summed E-state index contributed by atoms with van der Waals surface area (Å²) in [5.41, 5.74) is -1.07. The van der Waals surface area contributed by atoms with Gasteiger partial charge in [-0.1, -0.05) is 40.7 Å². The van der Waals surface area contributed by atoms with Crippen molar-refractivity contribution in [2.24, 2.45) is 22.7 Å². The maximum atomic E-state index is 13.6. The molecule has 2 unspecified atom stereocenters.